The van der Waals surface area contributed by atoms with E-state index < -0.39 is 0 Å². The first-order valence-corrected chi connectivity index (χ1v) is 6.37. The van der Waals surface area contributed by atoms with Crippen molar-refractivity contribution in [3.63, 3.8) is 0 Å². The molecule has 0 radical (unpaired) electrons. The Hall–Kier alpha value is -0.410. The van der Waals surface area contributed by atoms with E-state index in [0.29, 0.717) is 0 Å². The molecule has 1 rings (SSSR count). The Morgan fingerprint density at radius 1 is 1.33 bits per heavy atom. The van der Waals surface area contributed by atoms with Gasteiger partial charge in [-0.25, -0.2) is 4.98 Å². The molecule has 0 saturated heterocycles. The molecule has 1 aromatic heterocycles. The molecule has 0 aromatic carbocycles. The number of nitrogens with zero attached hydrogens (tertiary/aromatic N) is 1. The molecule has 0 bridgehead atoms. The second kappa shape index (κ2) is 6.96. The van der Waals surface area contributed by atoms with Gasteiger partial charge in [-0.1, -0.05) is 32.8 Å². The van der Waals surface area contributed by atoms with Crippen molar-refractivity contribution in [1.29, 1.82) is 0 Å². The highest BCUT2D eigenvalue weighted by atomic mass is 79.9. The third-order valence-corrected chi connectivity index (χ3v) is 3.11. The summed E-state index contributed by atoms with van der Waals surface area (Å²) in [5.74, 6) is 0.789. The Labute approximate surface area is 101 Å². The first-order chi connectivity index (χ1) is 7.26. The van der Waals surface area contributed by atoms with Crippen LogP contribution in [0.1, 0.15) is 32.4 Å². The summed E-state index contributed by atoms with van der Waals surface area (Å²) in [5.41, 5.74) is 1.09. The van der Waals surface area contributed by atoms with Crippen LogP contribution < -0.4 is 5.32 Å². The van der Waals surface area contributed by atoms with Crippen LogP contribution in [0, 0.1) is 5.92 Å². The Morgan fingerprint density at radius 3 is 2.67 bits per heavy atom. The number of pyridine rings is 1. The first-order valence-electron chi connectivity index (χ1n) is 5.58. The summed E-state index contributed by atoms with van der Waals surface area (Å²) in [6, 6.07) is 6.01. The van der Waals surface area contributed by atoms with E-state index in [1.165, 1.54) is 12.8 Å². The Kier molecular flexibility index (Phi) is 5.88. The molecule has 0 aliphatic rings. The first kappa shape index (κ1) is 12.7. The summed E-state index contributed by atoms with van der Waals surface area (Å²) in [5, 5.41) is 3.45. The minimum Gasteiger partial charge on any atom is -0.311 e. The molecule has 3 heteroatoms. The van der Waals surface area contributed by atoms with Crippen molar-refractivity contribution in [2.45, 2.75) is 33.2 Å². The molecule has 0 spiro atoms. The van der Waals surface area contributed by atoms with Crippen molar-refractivity contribution in [2.75, 3.05) is 6.54 Å². The molecule has 1 heterocycles. The van der Waals surface area contributed by atoms with Gasteiger partial charge in [0.2, 0.25) is 0 Å². The minimum atomic E-state index is 0.789. The molecule has 0 aliphatic carbocycles. The molecule has 0 atom stereocenters. The van der Waals surface area contributed by atoms with Crippen molar-refractivity contribution >= 4 is 15.9 Å². The third kappa shape index (κ3) is 4.76. The summed E-state index contributed by atoms with van der Waals surface area (Å²) in [6.07, 6.45) is 2.49. The van der Waals surface area contributed by atoms with Crippen LogP contribution in [0.25, 0.3) is 0 Å². The largest absolute Gasteiger partial charge is 0.311 e. The van der Waals surface area contributed by atoms with Crippen LogP contribution in [0.3, 0.4) is 0 Å². The molecule has 2 nitrogen and oxygen atoms in total. The van der Waals surface area contributed by atoms with E-state index in [-0.39, 0.29) is 0 Å². The Bertz CT molecular complexity index is 285. The van der Waals surface area contributed by atoms with E-state index in [4.69, 9.17) is 0 Å². The van der Waals surface area contributed by atoms with Gasteiger partial charge in [-0.3, -0.25) is 0 Å². The molecule has 15 heavy (non-hydrogen) atoms. The fourth-order valence-corrected chi connectivity index (χ4v) is 1.91. The third-order valence-electron chi connectivity index (χ3n) is 2.67. The predicted octanol–water partition coefficient (Wildman–Crippen LogP) is 3.37. The van der Waals surface area contributed by atoms with Crippen LogP contribution in [-0.2, 0) is 6.54 Å². The number of hydrogen-bond donors (Lipinski definition) is 1. The van der Waals surface area contributed by atoms with Gasteiger partial charge in [-0.05, 0) is 40.5 Å². The second-order valence-corrected chi connectivity index (χ2v) is 4.58. The Balaban J connectivity index is 2.31. The fourth-order valence-electron chi connectivity index (χ4n) is 1.53. The van der Waals surface area contributed by atoms with Crippen molar-refractivity contribution in [3.05, 3.63) is 28.5 Å². The SMILES string of the molecule is CCC(CC)CNCc1cccc(Br)n1. The van der Waals surface area contributed by atoms with Crippen LogP contribution >= 0.6 is 15.9 Å². The van der Waals surface area contributed by atoms with Gasteiger partial charge < -0.3 is 5.32 Å². The van der Waals surface area contributed by atoms with Crippen LogP contribution in [0.2, 0.25) is 0 Å². The lowest BCUT2D eigenvalue weighted by atomic mass is 10.0. The summed E-state index contributed by atoms with van der Waals surface area (Å²) in [4.78, 5) is 4.38. The molecule has 0 amide bonds. The number of nitrogens with one attached hydrogen (secondary N) is 1. The predicted molar refractivity (Wildman–Crippen MR) is 67.7 cm³/mol. The maximum atomic E-state index is 4.38. The van der Waals surface area contributed by atoms with E-state index in [9.17, 15) is 0 Å². The molecule has 0 aliphatic heterocycles. The highest BCUT2D eigenvalue weighted by molar-refractivity contribution is 9.10. The van der Waals surface area contributed by atoms with E-state index in [1.807, 2.05) is 18.2 Å². The second-order valence-electron chi connectivity index (χ2n) is 3.77. The zero-order valence-corrected chi connectivity index (χ0v) is 11.0. The van der Waals surface area contributed by atoms with Gasteiger partial charge in [0.05, 0.1) is 5.69 Å². The Morgan fingerprint density at radius 2 is 2.07 bits per heavy atom. The van der Waals surface area contributed by atoms with Crippen molar-refractivity contribution in [2.24, 2.45) is 5.92 Å². The molecular weight excluding hydrogens is 252 g/mol. The zero-order chi connectivity index (χ0) is 11.1. The molecule has 0 saturated carbocycles. The van der Waals surface area contributed by atoms with Crippen LogP contribution in [0.4, 0.5) is 0 Å². The van der Waals surface area contributed by atoms with E-state index in [1.54, 1.807) is 0 Å². The lowest BCUT2D eigenvalue weighted by molar-refractivity contribution is 0.448. The number of hydrogen-bond acceptors (Lipinski definition) is 2. The summed E-state index contributed by atoms with van der Waals surface area (Å²) in [7, 11) is 0. The molecular formula is C12H19BrN2. The van der Waals surface area contributed by atoms with E-state index in [0.717, 1.165) is 29.3 Å². The maximum absolute atomic E-state index is 4.38. The average Bonchev–Trinajstić information content (AvgIpc) is 2.25. The van der Waals surface area contributed by atoms with Crippen molar-refractivity contribution in [3.8, 4) is 0 Å². The van der Waals surface area contributed by atoms with Gasteiger partial charge in [0.15, 0.2) is 0 Å². The van der Waals surface area contributed by atoms with Gasteiger partial charge >= 0.3 is 0 Å². The summed E-state index contributed by atoms with van der Waals surface area (Å²) in [6.45, 7) is 6.43. The van der Waals surface area contributed by atoms with Gasteiger partial charge in [0.25, 0.3) is 0 Å². The number of halogens is 1. The van der Waals surface area contributed by atoms with Crippen molar-refractivity contribution in [1.82, 2.24) is 10.3 Å². The van der Waals surface area contributed by atoms with Gasteiger partial charge in [-0.15, -0.1) is 0 Å². The fraction of sp³-hybridized carbons (Fsp3) is 0.583. The van der Waals surface area contributed by atoms with E-state index >= 15 is 0 Å². The standard InChI is InChI=1S/C12H19BrN2/c1-3-10(4-2)8-14-9-11-6-5-7-12(13)15-11/h5-7,10,14H,3-4,8-9H2,1-2H3. The maximum Gasteiger partial charge on any atom is 0.106 e. The monoisotopic (exact) mass is 270 g/mol. The molecule has 1 aromatic rings. The number of rotatable bonds is 6. The zero-order valence-electron chi connectivity index (χ0n) is 9.46. The highest BCUT2D eigenvalue weighted by Gasteiger charge is 2.02. The summed E-state index contributed by atoms with van der Waals surface area (Å²) >= 11 is 3.37. The van der Waals surface area contributed by atoms with Gasteiger partial charge in [0.1, 0.15) is 4.60 Å². The van der Waals surface area contributed by atoms with Crippen molar-refractivity contribution < 1.29 is 0 Å². The van der Waals surface area contributed by atoms with E-state index in [2.05, 4.69) is 40.1 Å². The molecule has 0 fully saturated rings. The normalized spacial score (nSPS) is 10.9. The molecule has 0 unspecified atom stereocenters. The quantitative estimate of drug-likeness (QED) is 0.802. The summed E-state index contributed by atoms with van der Waals surface area (Å²) < 4.78 is 0.907. The van der Waals surface area contributed by atoms with Crippen LogP contribution in [0.5, 0.6) is 0 Å². The lowest BCUT2D eigenvalue weighted by Crippen LogP contribution is -2.22. The van der Waals surface area contributed by atoms with Gasteiger partial charge in [0, 0.05) is 6.54 Å². The topological polar surface area (TPSA) is 24.9 Å². The lowest BCUT2D eigenvalue weighted by Gasteiger charge is -2.12. The minimum absolute atomic E-state index is 0.789. The molecule has 84 valence electrons. The van der Waals surface area contributed by atoms with Crippen LogP contribution in [-0.4, -0.2) is 11.5 Å². The smallest absolute Gasteiger partial charge is 0.106 e. The average molecular weight is 271 g/mol. The number of aromatic nitrogens is 1. The highest BCUT2D eigenvalue weighted by Crippen LogP contribution is 2.07. The van der Waals surface area contributed by atoms with Gasteiger partial charge in [-0.2, -0.15) is 0 Å². The molecule has 1 N–H and O–H groups in total. The van der Waals surface area contributed by atoms with Crippen LogP contribution in [0.15, 0.2) is 22.8 Å².